The number of carbonyl (C=O) groups excluding carboxylic acids is 4. The number of aromatic amines is 4. The second-order valence-electron chi connectivity index (χ2n) is 32.1. The highest BCUT2D eigenvalue weighted by atomic mass is 35.5. The molecule has 8 heterocycles. The van der Waals surface area contributed by atoms with E-state index in [0.29, 0.717) is 111 Å². The molecule has 16 rings (SSSR count). The molecular weight excluding hydrogens is 1960 g/mol. The van der Waals surface area contributed by atoms with Gasteiger partial charge in [-0.3, -0.25) is 38.4 Å². The molecule has 8 N–H and O–H groups in total. The van der Waals surface area contributed by atoms with Crippen LogP contribution in [0.25, 0.3) is 0 Å². The van der Waals surface area contributed by atoms with Crippen LogP contribution >= 0.6 is 92.8 Å². The summed E-state index contributed by atoms with van der Waals surface area (Å²) in [5.74, 6) is -5.01. The molecule has 0 aliphatic carbocycles. The average molecular weight is 2070 g/mol. The maximum Gasteiger partial charge on any atom is 0.306 e. The molecule has 12 aromatic rings. The summed E-state index contributed by atoms with van der Waals surface area (Å²) in [4.78, 5) is 108. The standard InChI is InChI=1S/4C23H23Cl2N5O4.3CH4/c4*1-2-4-17(22-26-28-29-27-22)30-20(13-7-9-15(24)10-8-13)21(14-5-3-6-16(25)11-14)34-18(23(30)33)12-19(31)32;;;/h4*3,5-11,17-18,20-21H,2,4,12H2,1H3,(H,31,32)(H,26,27,28,29);3*1H4/t2*17-,18+,20-,21+;2*17-,18-,20+,21-;;;/m1010.../s1. The molecule has 4 aliphatic rings. The first-order valence-corrected chi connectivity index (χ1v) is 46.3. The van der Waals surface area contributed by atoms with Crippen LogP contribution in [-0.4, -0.2) is 194 Å². The summed E-state index contributed by atoms with van der Waals surface area (Å²) in [7, 11) is 0. The molecule has 4 aliphatic heterocycles. The summed E-state index contributed by atoms with van der Waals surface area (Å²) in [5.41, 5.74) is 5.91. The Hall–Kier alpha value is -12.0. The van der Waals surface area contributed by atoms with Crippen LogP contribution in [0.15, 0.2) is 194 Å². The summed E-state index contributed by atoms with van der Waals surface area (Å²) in [6, 6.07) is 52.3. The van der Waals surface area contributed by atoms with E-state index in [1.807, 2.05) is 100 Å². The Labute approximate surface area is 840 Å². The molecule has 139 heavy (non-hydrogen) atoms. The number of aliphatic carboxylic acids is 4. The lowest BCUT2D eigenvalue weighted by molar-refractivity contribution is -0.184. The van der Waals surface area contributed by atoms with Crippen molar-refractivity contribution in [3.05, 3.63) is 302 Å². The second-order valence-corrected chi connectivity index (χ2v) is 35.5. The minimum Gasteiger partial charge on any atom is -0.481 e. The van der Waals surface area contributed by atoms with E-state index in [2.05, 4.69) is 82.5 Å². The third-order valence-electron chi connectivity index (χ3n) is 22.9. The second kappa shape index (κ2) is 51.2. The lowest BCUT2D eigenvalue weighted by Crippen LogP contribution is -2.52. The highest BCUT2D eigenvalue weighted by Crippen LogP contribution is 2.53. The normalized spacial score (nSPS) is 21.0. The van der Waals surface area contributed by atoms with E-state index in [-0.39, 0.29) is 22.3 Å². The van der Waals surface area contributed by atoms with Crippen LogP contribution < -0.4 is 0 Å². The Bertz CT molecular complexity index is 5300. The number of hydrogen-bond donors (Lipinski definition) is 8. The van der Waals surface area contributed by atoms with Crippen LogP contribution in [0.5, 0.6) is 0 Å². The number of halogens is 8. The zero-order valence-corrected chi connectivity index (χ0v) is 79.1. The van der Waals surface area contributed by atoms with Gasteiger partial charge in [0, 0.05) is 40.2 Å². The lowest BCUT2D eigenvalue weighted by Gasteiger charge is -2.47. The third kappa shape index (κ3) is 27.0. The number of nitrogens with one attached hydrogen (secondary N) is 4. The van der Waals surface area contributed by atoms with Gasteiger partial charge in [0.25, 0.3) is 23.6 Å². The average Bonchev–Trinajstić information content (AvgIpc) is 1.67. The van der Waals surface area contributed by atoms with E-state index >= 15 is 0 Å². The van der Waals surface area contributed by atoms with Gasteiger partial charge in [0.1, 0.15) is 48.8 Å². The van der Waals surface area contributed by atoms with Crippen molar-refractivity contribution >= 4 is 140 Å². The van der Waals surface area contributed by atoms with Gasteiger partial charge in [0.05, 0.1) is 74.0 Å². The molecule has 736 valence electrons. The van der Waals surface area contributed by atoms with Crippen molar-refractivity contribution in [2.75, 3.05) is 0 Å². The van der Waals surface area contributed by atoms with E-state index in [0.717, 1.165) is 47.9 Å². The first-order valence-electron chi connectivity index (χ1n) is 43.3. The van der Waals surface area contributed by atoms with Crippen LogP contribution in [0.1, 0.15) is 268 Å². The Balaban J connectivity index is 0.000000190. The maximum absolute atomic E-state index is 13.8. The van der Waals surface area contributed by atoms with Crippen molar-refractivity contribution in [2.24, 2.45) is 0 Å². The van der Waals surface area contributed by atoms with Gasteiger partial charge in [-0.25, -0.2) is 0 Å². The Morgan fingerprint density at radius 3 is 0.633 bits per heavy atom. The van der Waals surface area contributed by atoms with E-state index in [1.165, 1.54) is 0 Å². The number of rotatable bonds is 32. The minimum atomic E-state index is -1.20. The minimum absolute atomic E-state index is 0. The number of hydrogen-bond acceptors (Lipinski definition) is 24. The maximum atomic E-state index is 13.8. The van der Waals surface area contributed by atoms with Crippen LogP contribution in [0, 0.1) is 0 Å². The van der Waals surface area contributed by atoms with E-state index in [9.17, 15) is 58.8 Å². The Kier molecular flexibility index (Phi) is 40.2. The summed E-state index contributed by atoms with van der Waals surface area (Å²) in [6.07, 6.45) is -4.46. The molecule has 4 amide bonds. The van der Waals surface area contributed by atoms with E-state index < -0.39 is 170 Å². The van der Waals surface area contributed by atoms with Gasteiger partial charge in [-0.1, -0.05) is 286 Å². The Morgan fingerprint density at radius 2 is 0.482 bits per heavy atom. The predicted octanol–water partition coefficient (Wildman–Crippen LogP) is 20.0. The SMILES string of the molecule is C.C.C.CCC[C@@H](c1nn[nH]n1)N1C(=O)[C@@H](CC(=O)O)O[C@H](c2cccc(Cl)c2)[C@@H]1c1ccc(Cl)cc1.CCC[C@@H](c1nn[nH]n1)N1C(=O)[C@H](CC(=O)O)O[C@@H](c2cccc(Cl)c2)[C@H]1c1ccc(Cl)cc1.CCC[C@H](c1nn[nH]n1)N1C(=O)[C@@H](CC(=O)O)O[C@H](c2cccc(Cl)c2)[C@@H]1c1ccc(Cl)cc1.CCC[C@H](c1nn[nH]n1)N1C(=O)[C@H](CC(=O)O)O[C@@H](c2cccc(Cl)c2)[C@H]1c1ccc(Cl)cc1. The molecule has 4 saturated heterocycles. The third-order valence-corrected chi connectivity index (χ3v) is 24.9. The van der Waals surface area contributed by atoms with Crippen LogP contribution in [0.2, 0.25) is 40.2 Å². The number of morpholine rings is 4. The first kappa shape index (κ1) is 109. The number of tetrazole rings is 4. The summed E-state index contributed by atoms with van der Waals surface area (Å²) < 4.78 is 24.8. The van der Waals surface area contributed by atoms with Crippen LogP contribution in [-0.2, 0) is 57.3 Å². The van der Waals surface area contributed by atoms with Gasteiger partial charge in [-0.2, -0.15) is 20.9 Å². The monoisotopic (exact) mass is 2060 g/mol. The number of nitrogens with zero attached hydrogens (tertiary/aromatic N) is 16. The molecule has 0 saturated carbocycles. The predicted molar refractivity (Wildman–Crippen MR) is 517 cm³/mol. The van der Waals surface area contributed by atoms with Crippen molar-refractivity contribution < 1.29 is 77.7 Å². The smallest absolute Gasteiger partial charge is 0.306 e. The first-order chi connectivity index (χ1) is 65.5. The zero-order valence-electron chi connectivity index (χ0n) is 73.1. The molecule has 16 atom stereocenters. The molecule has 36 nitrogen and oxygen atoms in total. The largest absolute Gasteiger partial charge is 0.481 e. The van der Waals surface area contributed by atoms with Gasteiger partial charge in [-0.05, 0) is 167 Å². The fourth-order valence-electron chi connectivity index (χ4n) is 17.3. The fraction of sp³-hybridized carbons (Fsp3) is 0.368. The molecule has 0 bridgehead atoms. The summed E-state index contributed by atoms with van der Waals surface area (Å²) in [5, 5.41) is 99.8. The number of carboxylic acids is 4. The van der Waals surface area contributed by atoms with Gasteiger partial charge < -0.3 is 59.0 Å². The number of H-pyrrole nitrogens is 4. The highest BCUT2D eigenvalue weighted by molar-refractivity contribution is 6.32. The molecule has 44 heteroatoms. The van der Waals surface area contributed by atoms with Crippen molar-refractivity contribution in [2.45, 2.75) is 224 Å². The topological polar surface area (TPSA) is 485 Å². The number of benzene rings is 8. The highest BCUT2D eigenvalue weighted by Gasteiger charge is 2.54. The van der Waals surface area contributed by atoms with Crippen LogP contribution in [0.3, 0.4) is 0 Å². The van der Waals surface area contributed by atoms with Gasteiger partial charge in [0.15, 0.2) is 23.3 Å². The Morgan fingerprint density at radius 1 is 0.295 bits per heavy atom. The molecule has 0 radical (unpaired) electrons. The molecule has 8 aromatic carbocycles. The van der Waals surface area contributed by atoms with Crippen molar-refractivity contribution in [3.63, 3.8) is 0 Å². The van der Waals surface area contributed by atoms with Crippen molar-refractivity contribution in [1.29, 1.82) is 0 Å². The fourth-order valence-corrected chi connectivity index (χ4v) is 18.6. The summed E-state index contributed by atoms with van der Waals surface area (Å²) >= 11 is 49.7. The van der Waals surface area contributed by atoms with Gasteiger partial charge >= 0.3 is 23.9 Å². The molecule has 0 unspecified atom stereocenters. The number of aromatic nitrogens is 16. The van der Waals surface area contributed by atoms with Gasteiger partial charge in [0.2, 0.25) is 0 Å². The number of carboxylic acid groups (broad SMARTS) is 4. The lowest BCUT2D eigenvalue weighted by atomic mass is 9.89. The molecular formula is C95H104Cl8N20O16. The van der Waals surface area contributed by atoms with Crippen molar-refractivity contribution in [1.82, 2.24) is 102 Å². The number of ether oxygens (including phenoxy) is 4. The quantitative estimate of drug-likeness (QED) is 0.0194. The summed E-state index contributed by atoms with van der Waals surface area (Å²) in [6.45, 7) is 7.94. The van der Waals surface area contributed by atoms with E-state index in [1.54, 1.807) is 141 Å². The van der Waals surface area contributed by atoms with E-state index in [4.69, 9.17) is 112 Å². The molecule has 4 aromatic heterocycles. The van der Waals surface area contributed by atoms with Crippen molar-refractivity contribution in [3.8, 4) is 0 Å². The zero-order chi connectivity index (χ0) is 97.0. The number of amides is 4. The molecule has 0 spiro atoms. The van der Waals surface area contributed by atoms with Crippen LogP contribution in [0.4, 0.5) is 0 Å². The van der Waals surface area contributed by atoms with Gasteiger partial charge in [-0.15, -0.1) is 40.8 Å². The molecule has 4 fully saturated rings. The number of carbonyl (C=O) groups is 8.